The molecule has 0 aliphatic rings. The van der Waals surface area contributed by atoms with Crippen LogP contribution in [0.4, 0.5) is 11.9 Å². The van der Waals surface area contributed by atoms with E-state index in [9.17, 15) is 4.79 Å². The first-order valence-corrected chi connectivity index (χ1v) is 5.94. The van der Waals surface area contributed by atoms with Gasteiger partial charge in [-0.15, -0.1) is 0 Å². The molecule has 0 spiro atoms. The van der Waals surface area contributed by atoms with Crippen LogP contribution in [0.25, 0.3) is 5.95 Å². The molecule has 20 heavy (non-hydrogen) atoms. The van der Waals surface area contributed by atoms with Crippen LogP contribution in [0, 0.1) is 0 Å². The second-order valence-electron chi connectivity index (χ2n) is 3.92. The van der Waals surface area contributed by atoms with E-state index in [1.54, 1.807) is 11.9 Å². The van der Waals surface area contributed by atoms with Gasteiger partial charge in [-0.25, -0.2) is 4.98 Å². The minimum absolute atomic E-state index is 0.0318. The fraction of sp³-hybridized carbons (Fsp3) is 0.400. The number of nitrogens with one attached hydrogen (secondary N) is 1. The van der Waals surface area contributed by atoms with Crippen LogP contribution >= 0.6 is 0 Å². The van der Waals surface area contributed by atoms with E-state index in [0.29, 0.717) is 6.54 Å². The molecule has 0 fully saturated rings. The summed E-state index contributed by atoms with van der Waals surface area (Å²) in [7, 11) is 1.71. The van der Waals surface area contributed by atoms with Crippen LogP contribution in [0.1, 0.15) is 6.92 Å². The van der Waals surface area contributed by atoms with Gasteiger partial charge in [-0.3, -0.25) is 4.79 Å². The Hall–Kier alpha value is -2.78. The second kappa shape index (κ2) is 5.91. The van der Waals surface area contributed by atoms with Crippen molar-refractivity contribution < 1.29 is 4.79 Å². The summed E-state index contributed by atoms with van der Waals surface area (Å²) in [5, 5.41) is 6.71. The lowest BCUT2D eigenvalue weighted by Crippen LogP contribution is -2.32. The van der Waals surface area contributed by atoms with Gasteiger partial charge in [-0.2, -0.15) is 24.7 Å². The van der Waals surface area contributed by atoms with E-state index >= 15 is 0 Å². The third-order valence-electron chi connectivity index (χ3n) is 2.56. The molecule has 0 atom stereocenters. The van der Waals surface area contributed by atoms with Gasteiger partial charge in [0, 0.05) is 13.6 Å². The van der Waals surface area contributed by atoms with E-state index < -0.39 is 0 Å². The largest absolute Gasteiger partial charge is 0.368 e. The van der Waals surface area contributed by atoms with Crippen molar-refractivity contribution in [2.75, 3.05) is 31.2 Å². The van der Waals surface area contributed by atoms with Crippen molar-refractivity contribution in [3.05, 3.63) is 12.7 Å². The normalized spacial score (nSPS) is 10.3. The van der Waals surface area contributed by atoms with E-state index in [1.165, 1.54) is 17.3 Å². The Morgan fingerprint density at radius 3 is 2.90 bits per heavy atom. The number of hydrogen-bond donors (Lipinski definition) is 2. The predicted octanol–water partition coefficient (Wildman–Crippen LogP) is -1.08. The average Bonchev–Trinajstić information content (AvgIpc) is 2.97. The number of hydrogen-bond acceptors (Lipinski definition) is 8. The van der Waals surface area contributed by atoms with Crippen molar-refractivity contribution in [3.8, 4) is 5.95 Å². The first kappa shape index (κ1) is 13.6. The number of likely N-dealkylation sites (N-methyl/N-ethyl adjacent to an activating group) is 1. The molecule has 2 rings (SSSR count). The van der Waals surface area contributed by atoms with Crippen molar-refractivity contribution in [3.63, 3.8) is 0 Å². The highest BCUT2D eigenvalue weighted by molar-refractivity contribution is 5.80. The number of anilines is 2. The summed E-state index contributed by atoms with van der Waals surface area (Å²) < 4.78 is 1.35. The highest BCUT2D eigenvalue weighted by Gasteiger charge is 2.10. The number of carbonyl (C=O) groups excluding carboxylic acids is 1. The minimum Gasteiger partial charge on any atom is -0.368 e. The number of rotatable bonds is 5. The molecule has 2 heterocycles. The summed E-state index contributed by atoms with van der Waals surface area (Å²) in [5.41, 5.74) is 5.60. The smallest absolute Gasteiger partial charge is 0.258 e. The first-order valence-electron chi connectivity index (χ1n) is 5.94. The van der Waals surface area contributed by atoms with Crippen molar-refractivity contribution in [2.45, 2.75) is 6.92 Å². The van der Waals surface area contributed by atoms with E-state index in [4.69, 9.17) is 5.73 Å². The van der Waals surface area contributed by atoms with Crippen LogP contribution in [0.15, 0.2) is 12.7 Å². The highest BCUT2D eigenvalue weighted by atomic mass is 16.2. The Labute approximate surface area is 115 Å². The predicted molar refractivity (Wildman–Crippen MR) is 71.0 cm³/mol. The number of aromatic nitrogens is 6. The number of nitrogen functional groups attached to an aromatic ring is 1. The monoisotopic (exact) mass is 277 g/mol. The minimum atomic E-state index is -0.0752. The van der Waals surface area contributed by atoms with E-state index in [1.807, 2.05) is 6.92 Å². The van der Waals surface area contributed by atoms with Gasteiger partial charge in [0.2, 0.25) is 17.8 Å². The van der Waals surface area contributed by atoms with E-state index in [2.05, 4.69) is 30.4 Å². The molecule has 0 radical (unpaired) electrons. The topological polar surface area (TPSA) is 128 Å². The van der Waals surface area contributed by atoms with E-state index in [-0.39, 0.29) is 30.3 Å². The molecule has 0 aliphatic carbocycles. The molecule has 0 saturated heterocycles. The maximum atomic E-state index is 11.7. The number of amides is 1. The maximum Gasteiger partial charge on any atom is 0.258 e. The van der Waals surface area contributed by atoms with Crippen LogP contribution in [0.2, 0.25) is 0 Å². The quantitative estimate of drug-likeness (QED) is 0.706. The van der Waals surface area contributed by atoms with Crippen LogP contribution in [-0.4, -0.2) is 60.7 Å². The summed E-state index contributed by atoms with van der Waals surface area (Å²) in [6.45, 7) is 2.59. The zero-order valence-electron chi connectivity index (χ0n) is 11.2. The van der Waals surface area contributed by atoms with Gasteiger partial charge < -0.3 is 16.0 Å². The Morgan fingerprint density at radius 1 is 1.45 bits per heavy atom. The molecule has 0 unspecified atom stereocenters. The van der Waals surface area contributed by atoms with E-state index in [0.717, 1.165) is 0 Å². The Kier molecular flexibility index (Phi) is 4.03. The number of nitrogens with two attached hydrogens (primary N) is 1. The van der Waals surface area contributed by atoms with Crippen molar-refractivity contribution in [2.24, 2.45) is 0 Å². The van der Waals surface area contributed by atoms with Crippen LogP contribution in [-0.2, 0) is 4.79 Å². The molecular formula is C10H15N9O. The fourth-order valence-electron chi connectivity index (χ4n) is 1.34. The lowest BCUT2D eigenvalue weighted by Gasteiger charge is -2.14. The Balaban J connectivity index is 2.11. The SMILES string of the molecule is CCN(C)C(=O)CNc1nc(N)nc(-n2cncn2)n1. The molecule has 0 aliphatic heterocycles. The van der Waals surface area contributed by atoms with Gasteiger partial charge in [-0.1, -0.05) is 0 Å². The average molecular weight is 277 g/mol. The zero-order chi connectivity index (χ0) is 14.5. The van der Waals surface area contributed by atoms with Gasteiger partial charge in [0.25, 0.3) is 5.95 Å². The lowest BCUT2D eigenvalue weighted by molar-refractivity contribution is -0.127. The molecule has 10 heteroatoms. The first-order chi connectivity index (χ1) is 9.60. The molecule has 106 valence electrons. The van der Waals surface area contributed by atoms with Gasteiger partial charge in [0.1, 0.15) is 12.7 Å². The number of carbonyl (C=O) groups is 1. The summed E-state index contributed by atoms with van der Waals surface area (Å²) in [6, 6.07) is 0. The Bertz CT molecular complexity index is 582. The third-order valence-corrected chi connectivity index (χ3v) is 2.56. The molecule has 3 N–H and O–H groups in total. The van der Waals surface area contributed by atoms with Gasteiger partial charge in [0.15, 0.2) is 0 Å². The second-order valence-corrected chi connectivity index (χ2v) is 3.92. The van der Waals surface area contributed by atoms with Gasteiger partial charge in [-0.05, 0) is 6.92 Å². The summed E-state index contributed by atoms with van der Waals surface area (Å²) in [5.74, 6) is 0.396. The van der Waals surface area contributed by atoms with Gasteiger partial charge in [0.05, 0.1) is 6.54 Å². The lowest BCUT2D eigenvalue weighted by atomic mass is 10.5. The van der Waals surface area contributed by atoms with Crippen molar-refractivity contribution >= 4 is 17.8 Å². The molecule has 0 bridgehead atoms. The number of nitrogens with zero attached hydrogens (tertiary/aromatic N) is 7. The molecular weight excluding hydrogens is 262 g/mol. The fourth-order valence-corrected chi connectivity index (χ4v) is 1.34. The maximum absolute atomic E-state index is 11.7. The zero-order valence-corrected chi connectivity index (χ0v) is 11.2. The van der Waals surface area contributed by atoms with Crippen molar-refractivity contribution in [1.29, 1.82) is 0 Å². The molecule has 2 aromatic heterocycles. The summed E-state index contributed by atoms with van der Waals surface area (Å²) in [4.78, 5) is 29.0. The van der Waals surface area contributed by atoms with Crippen LogP contribution < -0.4 is 11.1 Å². The molecule has 0 saturated carbocycles. The standard InChI is InChI=1S/C10H15N9O/c1-3-18(2)7(20)4-13-9-15-8(11)16-10(17-9)19-6-12-5-14-19/h5-6H,3-4H2,1-2H3,(H3,11,13,15,16,17). The van der Waals surface area contributed by atoms with Crippen LogP contribution in [0.3, 0.4) is 0 Å². The summed E-state index contributed by atoms with van der Waals surface area (Å²) >= 11 is 0. The molecule has 10 nitrogen and oxygen atoms in total. The third kappa shape index (κ3) is 3.16. The summed E-state index contributed by atoms with van der Waals surface area (Å²) in [6.07, 6.45) is 2.79. The molecule has 1 amide bonds. The van der Waals surface area contributed by atoms with Crippen LogP contribution in [0.5, 0.6) is 0 Å². The highest BCUT2D eigenvalue weighted by Crippen LogP contribution is 2.05. The molecule has 0 aromatic carbocycles. The van der Waals surface area contributed by atoms with Crippen molar-refractivity contribution in [1.82, 2.24) is 34.6 Å². The van der Waals surface area contributed by atoms with Gasteiger partial charge >= 0.3 is 0 Å². The Morgan fingerprint density at radius 2 is 2.25 bits per heavy atom. The molecule has 2 aromatic rings.